The number of benzene rings is 5. The molecule has 174 valence electrons. The minimum Gasteiger partial charge on any atom is -0.264 e. The molecular weight excluding hydrogens is 452 g/mol. The molecule has 0 unspecified atom stereocenters. The van der Waals surface area contributed by atoms with Crippen molar-refractivity contribution in [3.8, 4) is 39.1 Å². The van der Waals surface area contributed by atoms with Gasteiger partial charge in [-0.3, -0.25) is 4.98 Å². The Balaban J connectivity index is 1.35. The molecule has 37 heavy (non-hydrogen) atoms. The number of rotatable bonds is 4. The van der Waals surface area contributed by atoms with Gasteiger partial charge in [0.25, 0.3) is 0 Å². The third-order valence-corrected chi connectivity index (χ3v) is 6.78. The highest BCUT2D eigenvalue weighted by molar-refractivity contribution is 6.10. The molecule has 0 spiro atoms. The van der Waals surface area contributed by atoms with Crippen molar-refractivity contribution in [2.24, 2.45) is 0 Å². The van der Waals surface area contributed by atoms with E-state index in [1.807, 2.05) is 18.3 Å². The van der Waals surface area contributed by atoms with E-state index >= 15 is 0 Å². The molecule has 0 fully saturated rings. The fourth-order valence-electron chi connectivity index (χ4n) is 4.86. The number of aromatic nitrogens is 4. The first-order valence-corrected chi connectivity index (χ1v) is 12.3. The standard InChI is InChI=1S/C33H22N4/c1-2-7-23(8-3-1)24-12-14-26(15-13-24)31-21-27-9-4-5-11-30(27)32-33(31)36-37(35-32)29-18-16-25(17-19-29)28-10-6-20-34-22-28/h1-22H. The first-order valence-electron chi connectivity index (χ1n) is 12.3. The maximum Gasteiger partial charge on any atom is 0.122 e. The van der Waals surface area contributed by atoms with Crippen molar-refractivity contribution in [3.63, 3.8) is 0 Å². The molecule has 0 aliphatic heterocycles. The second-order valence-corrected chi connectivity index (χ2v) is 9.06. The largest absolute Gasteiger partial charge is 0.264 e. The van der Waals surface area contributed by atoms with E-state index in [1.54, 1.807) is 11.0 Å². The molecule has 0 saturated heterocycles. The minimum absolute atomic E-state index is 0.891. The maximum atomic E-state index is 4.99. The van der Waals surface area contributed by atoms with Gasteiger partial charge in [-0.1, -0.05) is 97.1 Å². The van der Waals surface area contributed by atoms with E-state index in [4.69, 9.17) is 10.2 Å². The molecule has 2 heterocycles. The Bertz CT molecular complexity index is 1840. The summed E-state index contributed by atoms with van der Waals surface area (Å²) in [5.41, 5.74) is 9.49. The summed E-state index contributed by atoms with van der Waals surface area (Å²) in [5.74, 6) is 0. The van der Waals surface area contributed by atoms with E-state index in [2.05, 4.69) is 114 Å². The van der Waals surface area contributed by atoms with Crippen LogP contribution in [0.5, 0.6) is 0 Å². The number of nitrogens with zero attached hydrogens (tertiary/aromatic N) is 4. The van der Waals surface area contributed by atoms with Crippen molar-refractivity contribution in [3.05, 3.63) is 134 Å². The first-order chi connectivity index (χ1) is 18.3. The Kier molecular flexibility index (Phi) is 5.07. The first kappa shape index (κ1) is 21.2. The van der Waals surface area contributed by atoms with Gasteiger partial charge in [-0.05, 0) is 57.5 Å². The highest BCUT2D eigenvalue weighted by Crippen LogP contribution is 2.34. The van der Waals surface area contributed by atoms with Crippen LogP contribution in [0, 0.1) is 0 Å². The topological polar surface area (TPSA) is 43.6 Å². The summed E-state index contributed by atoms with van der Waals surface area (Å²) in [6, 6.07) is 42.0. The van der Waals surface area contributed by atoms with Crippen molar-refractivity contribution >= 4 is 21.8 Å². The van der Waals surface area contributed by atoms with Crippen LogP contribution >= 0.6 is 0 Å². The third kappa shape index (κ3) is 3.85. The van der Waals surface area contributed by atoms with Crippen LogP contribution in [-0.2, 0) is 0 Å². The Morgan fingerprint density at radius 1 is 0.486 bits per heavy atom. The molecule has 0 radical (unpaired) electrons. The Morgan fingerprint density at radius 2 is 1.11 bits per heavy atom. The highest BCUT2D eigenvalue weighted by Gasteiger charge is 2.15. The number of pyridine rings is 1. The smallest absolute Gasteiger partial charge is 0.122 e. The van der Waals surface area contributed by atoms with Gasteiger partial charge in [0.1, 0.15) is 11.0 Å². The second-order valence-electron chi connectivity index (χ2n) is 9.06. The summed E-state index contributed by atoms with van der Waals surface area (Å²) >= 11 is 0. The van der Waals surface area contributed by atoms with Gasteiger partial charge in [-0.15, -0.1) is 10.2 Å². The van der Waals surface area contributed by atoms with Gasteiger partial charge in [0.05, 0.1) is 5.69 Å². The fourth-order valence-corrected chi connectivity index (χ4v) is 4.86. The minimum atomic E-state index is 0.891. The van der Waals surface area contributed by atoms with E-state index in [-0.39, 0.29) is 0 Å². The van der Waals surface area contributed by atoms with Crippen molar-refractivity contribution < 1.29 is 0 Å². The summed E-state index contributed by atoms with van der Waals surface area (Å²) < 4.78 is 0. The summed E-state index contributed by atoms with van der Waals surface area (Å²) in [7, 11) is 0. The SMILES string of the molecule is c1ccc(-c2ccc(-c3cc4ccccc4c4nn(-c5ccc(-c6cccnc6)cc5)nc34)cc2)cc1. The van der Waals surface area contributed by atoms with Crippen molar-refractivity contribution in [1.82, 2.24) is 20.0 Å². The summed E-state index contributed by atoms with van der Waals surface area (Å²) in [6.07, 6.45) is 3.66. The summed E-state index contributed by atoms with van der Waals surface area (Å²) in [5, 5.41) is 12.2. The van der Waals surface area contributed by atoms with Gasteiger partial charge < -0.3 is 0 Å². The quantitative estimate of drug-likeness (QED) is 0.260. The second kappa shape index (κ2) is 8.85. The molecule has 0 bridgehead atoms. The normalized spacial score (nSPS) is 11.2. The fraction of sp³-hybridized carbons (Fsp3) is 0. The zero-order valence-electron chi connectivity index (χ0n) is 20.0. The number of hydrogen-bond acceptors (Lipinski definition) is 3. The van der Waals surface area contributed by atoms with Crippen LogP contribution in [0.2, 0.25) is 0 Å². The van der Waals surface area contributed by atoms with E-state index in [0.717, 1.165) is 49.7 Å². The van der Waals surface area contributed by atoms with Gasteiger partial charge >= 0.3 is 0 Å². The van der Waals surface area contributed by atoms with Crippen LogP contribution in [0.1, 0.15) is 0 Å². The summed E-state index contributed by atoms with van der Waals surface area (Å²) in [6.45, 7) is 0. The van der Waals surface area contributed by atoms with Gasteiger partial charge in [-0.2, -0.15) is 4.80 Å². The van der Waals surface area contributed by atoms with Crippen LogP contribution in [-0.4, -0.2) is 20.0 Å². The van der Waals surface area contributed by atoms with Crippen LogP contribution in [0.15, 0.2) is 134 Å². The molecule has 0 aliphatic rings. The molecule has 0 aliphatic carbocycles. The predicted octanol–water partition coefficient (Wildman–Crippen LogP) is 7.97. The highest BCUT2D eigenvalue weighted by atomic mass is 15.5. The van der Waals surface area contributed by atoms with Crippen LogP contribution in [0.4, 0.5) is 0 Å². The molecule has 7 aromatic rings. The molecule has 7 rings (SSSR count). The Hall–Kier alpha value is -5.09. The van der Waals surface area contributed by atoms with Crippen molar-refractivity contribution in [2.75, 3.05) is 0 Å². The third-order valence-electron chi connectivity index (χ3n) is 6.78. The molecule has 0 saturated carbocycles. The average molecular weight is 475 g/mol. The van der Waals surface area contributed by atoms with Crippen LogP contribution in [0.25, 0.3) is 60.9 Å². The van der Waals surface area contributed by atoms with E-state index in [9.17, 15) is 0 Å². The Labute approximate surface area is 214 Å². The molecular formula is C33H22N4. The molecule has 0 atom stereocenters. The van der Waals surface area contributed by atoms with Gasteiger partial charge in [0.15, 0.2) is 0 Å². The zero-order chi connectivity index (χ0) is 24.6. The monoisotopic (exact) mass is 474 g/mol. The molecule has 5 aromatic carbocycles. The van der Waals surface area contributed by atoms with Crippen molar-refractivity contribution in [2.45, 2.75) is 0 Å². The van der Waals surface area contributed by atoms with Crippen LogP contribution in [0.3, 0.4) is 0 Å². The lowest BCUT2D eigenvalue weighted by molar-refractivity contribution is 0.766. The average Bonchev–Trinajstić information content (AvgIpc) is 3.44. The van der Waals surface area contributed by atoms with Crippen molar-refractivity contribution in [1.29, 1.82) is 0 Å². The molecule has 0 N–H and O–H groups in total. The van der Waals surface area contributed by atoms with E-state index in [0.29, 0.717) is 0 Å². The van der Waals surface area contributed by atoms with Gasteiger partial charge in [0.2, 0.25) is 0 Å². The maximum absolute atomic E-state index is 4.99. The van der Waals surface area contributed by atoms with Gasteiger partial charge in [0, 0.05) is 23.3 Å². The lowest BCUT2D eigenvalue weighted by atomic mass is 9.97. The predicted molar refractivity (Wildman–Crippen MR) is 150 cm³/mol. The lowest BCUT2D eigenvalue weighted by Crippen LogP contribution is -1.98. The van der Waals surface area contributed by atoms with Crippen LogP contribution < -0.4 is 0 Å². The zero-order valence-corrected chi connectivity index (χ0v) is 20.0. The van der Waals surface area contributed by atoms with E-state index < -0.39 is 0 Å². The van der Waals surface area contributed by atoms with Gasteiger partial charge in [-0.25, -0.2) is 0 Å². The number of hydrogen-bond donors (Lipinski definition) is 0. The molecule has 4 nitrogen and oxygen atoms in total. The molecule has 4 heteroatoms. The molecule has 2 aromatic heterocycles. The molecule has 0 amide bonds. The number of fused-ring (bicyclic) bond motifs is 3. The van der Waals surface area contributed by atoms with E-state index in [1.165, 1.54) is 11.1 Å². The Morgan fingerprint density at radius 3 is 1.89 bits per heavy atom. The lowest BCUT2D eigenvalue weighted by Gasteiger charge is -2.07. The summed E-state index contributed by atoms with van der Waals surface area (Å²) in [4.78, 5) is 5.97.